The number of urea groups is 1. The van der Waals surface area contributed by atoms with Gasteiger partial charge in [0, 0.05) is 19.1 Å². The first-order valence-corrected chi connectivity index (χ1v) is 7.24. The number of hydrogen-bond donors (Lipinski definition) is 2. The molecular formula is C14H23N3O2. The van der Waals surface area contributed by atoms with E-state index in [2.05, 4.69) is 16.7 Å². The Kier molecular flexibility index (Phi) is 5.24. The Morgan fingerprint density at radius 1 is 1.16 bits per heavy atom. The molecule has 1 saturated heterocycles. The molecule has 5 nitrogen and oxygen atoms in total. The number of carbonyl (C=O) groups excluding carboxylic acids is 2. The van der Waals surface area contributed by atoms with Crippen LogP contribution in [0.2, 0.25) is 0 Å². The highest BCUT2D eigenvalue weighted by Gasteiger charge is 2.17. The lowest BCUT2D eigenvalue weighted by Crippen LogP contribution is -2.47. The lowest BCUT2D eigenvalue weighted by atomic mass is 10.0. The van der Waals surface area contributed by atoms with E-state index in [-0.39, 0.29) is 24.5 Å². The molecule has 1 aliphatic heterocycles. The number of carbonyl (C=O) groups is 2. The van der Waals surface area contributed by atoms with Crippen LogP contribution < -0.4 is 10.6 Å². The van der Waals surface area contributed by atoms with E-state index in [1.807, 2.05) is 11.0 Å². The third-order valence-corrected chi connectivity index (χ3v) is 3.68. The van der Waals surface area contributed by atoms with Crippen LogP contribution in [0.25, 0.3) is 0 Å². The largest absolute Gasteiger partial charge is 0.341 e. The van der Waals surface area contributed by atoms with Crippen LogP contribution in [0, 0.1) is 0 Å². The van der Waals surface area contributed by atoms with E-state index in [4.69, 9.17) is 0 Å². The zero-order chi connectivity index (χ0) is 13.5. The lowest BCUT2D eigenvalue weighted by molar-refractivity contribution is -0.130. The SMILES string of the molecule is O=C(NCC(=O)N1CCCCC1)NC1C=CCCC1. The fraction of sp³-hybridized carbons (Fsp3) is 0.714. The summed E-state index contributed by atoms with van der Waals surface area (Å²) in [6.45, 7) is 1.75. The predicted molar refractivity (Wildman–Crippen MR) is 73.7 cm³/mol. The number of nitrogens with zero attached hydrogens (tertiary/aromatic N) is 1. The third kappa shape index (κ3) is 4.58. The first kappa shape index (κ1) is 13.9. The van der Waals surface area contributed by atoms with Crippen LogP contribution in [0.1, 0.15) is 38.5 Å². The van der Waals surface area contributed by atoms with Gasteiger partial charge in [0.25, 0.3) is 0 Å². The molecular weight excluding hydrogens is 242 g/mol. The van der Waals surface area contributed by atoms with Gasteiger partial charge in [0.1, 0.15) is 0 Å². The average molecular weight is 265 g/mol. The number of allylic oxidation sites excluding steroid dienone is 1. The molecule has 0 aromatic heterocycles. The number of nitrogens with one attached hydrogen (secondary N) is 2. The zero-order valence-corrected chi connectivity index (χ0v) is 11.4. The second-order valence-corrected chi connectivity index (χ2v) is 5.23. The molecule has 3 amide bonds. The molecule has 0 radical (unpaired) electrons. The van der Waals surface area contributed by atoms with Crippen LogP contribution in [0.15, 0.2) is 12.2 Å². The van der Waals surface area contributed by atoms with Crippen LogP contribution in [0.3, 0.4) is 0 Å². The first-order chi connectivity index (χ1) is 9.25. The van der Waals surface area contributed by atoms with E-state index < -0.39 is 0 Å². The Bertz CT molecular complexity index is 349. The van der Waals surface area contributed by atoms with Gasteiger partial charge in [0.15, 0.2) is 0 Å². The highest BCUT2D eigenvalue weighted by molar-refractivity contribution is 5.84. The Morgan fingerprint density at radius 2 is 1.95 bits per heavy atom. The second kappa shape index (κ2) is 7.16. The van der Waals surface area contributed by atoms with Crippen molar-refractivity contribution < 1.29 is 9.59 Å². The summed E-state index contributed by atoms with van der Waals surface area (Å²) in [5, 5.41) is 5.52. The summed E-state index contributed by atoms with van der Waals surface area (Å²) >= 11 is 0. The van der Waals surface area contributed by atoms with Gasteiger partial charge in [0.2, 0.25) is 5.91 Å². The normalized spacial score (nSPS) is 22.9. The van der Waals surface area contributed by atoms with Gasteiger partial charge in [-0.3, -0.25) is 4.79 Å². The Balaban J connectivity index is 1.66. The molecule has 1 unspecified atom stereocenters. The lowest BCUT2D eigenvalue weighted by Gasteiger charge is -2.27. The van der Waals surface area contributed by atoms with Crippen LogP contribution in [0.4, 0.5) is 4.79 Å². The van der Waals surface area contributed by atoms with E-state index in [1.54, 1.807) is 0 Å². The number of hydrogen-bond acceptors (Lipinski definition) is 2. The summed E-state index contributed by atoms with van der Waals surface area (Å²) in [5.74, 6) is 0.0223. The highest BCUT2D eigenvalue weighted by Crippen LogP contribution is 2.10. The Morgan fingerprint density at radius 3 is 2.63 bits per heavy atom. The summed E-state index contributed by atoms with van der Waals surface area (Å²) in [4.78, 5) is 25.4. The molecule has 5 heteroatoms. The van der Waals surface area contributed by atoms with Crippen molar-refractivity contribution in [3.05, 3.63) is 12.2 Å². The van der Waals surface area contributed by atoms with E-state index in [1.165, 1.54) is 6.42 Å². The molecule has 1 atom stereocenters. The van der Waals surface area contributed by atoms with Crippen molar-refractivity contribution in [3.8, 4) is 0 Å². The summed E-state index contributed by atoms with van der Waals surface area (Å²) in [7, 11) is 0. The minimum atomic E-state index is -0.248. The zero-order valence-electron chi connectivity index (χ0n) is 11.4. The molecule has 0 bridgehead atoms. The highest BCUT2D eigenvalue weighted by atomic mass is 16.2. The van der Waals surface area contributed by atoms with Crippen LogP contribution >= 0.6 is 0 Å². The monoisotopic (exact) mass is 265 g/mol. The van der Waals surface area contributed by atoms with Crippen molar-refractivity contribution in [2.45, 2.75) is 44.6 Å². The molecule has 2 rings (SSSR count). The fourth-order valence-electron chi connectivity index (χ4n) is 2.56. The van der Waals surface area contributed by atoms with Gasteiger partial charge in [0.05, 0.1) is 6.54 Å². The molecule has 0 saturated carbocycles. The van der Waals surface area contributed by atoms with Crippen molar-refractivity contribution >= 4 is 11.9 Å². The van der Waals surface area contributed by atoms with Crippen molar-refractivity contribution in [2.75, 3.05) is 19.6 Å². The Hall–Kier alpha value is -1.52. The van der Waals surface area contributed by atoms with Crippen molar-refractivity contribution in [2.24, 2.45) is 0 Å². The van der Waals surface area contributed by atoms with Gasteiger partial charge in [-0.1, -0.05) is 12.2 Å². The maximum absolute atomic E-state index is 11.9. The smallest absolute Gasteiger partial charge is 0.315 e. The fourth-order valence-corrected chi connectivity index (χ4v) is 2.56. The van der Waals surface area contributed by atoms with Gasteiger partial charge in [-0.15, -0.1) is 0 Å². The number of piperidine rings is 1. The minimum Gasteiger partial charge on any atom is -0.341 e. The molecule has 2 N–H and O–H groups in total. The molecule has 0 spiro atoms. The van der Waals surface area contributed by atoms with Gasteiger partial charge >= 0.3 is 6.03 Å². The summed E-state index contributed by atoms with van der Waals surface area (Å²) in [5.41, 5.74) is 0. The average Bonchev–Trinajstić information content (AvgIpc) is 2.47. The molecule has 2 aliphatic rings. The van der Waals surface area contributed by atoms with Crippen LogP contribution in [0.5, 0.6) is 0 Å². The molecule has 19 heavy (non-hydrogen) atoms. The standard InChI is InChI=1S/C14H23N3O2/c18-13(17-9-5-2-6-10-17)11-15-14(19)16-12-7-3-1-4-8-12/h3,7,12H,1-2,4-6,8-11H2,(H2,15,16,19). The first-order valence-electron chi connectivity index (χ1n) is 7.24. The predicted octanol–water partition coefficient (Wildman–Crippen LogP) is 1.41. The maximum atomic E-state index is 11.9. The summed E-state index contributed by atoms with van der Waals surface area (Å²) < 4.78 is 0. The number of likely N-dealkylation sites (tertiary alicyclic amines) is 1. The maximum Gasteiger partial charge on any atom is 0.315 e. The third-order valence-electron chi connectivity index (χ3n) is 3.68. The molecule has 0 aromatic rings. The van der Waals surface area contributed by atoms with Gasteiger partial charge in [-0.25, -0.2) is 4.79 Å². The summed E-state index contributed by atoms with van der Waals surface area (Å²) in [6.07, 6.45) is 10.6. The van der Waals surface area contributed by atoms with Gasteiger partial charge < -0.3 is 15.5 Å². The topological polar surface area (TPSA) is 61.4 Å². The van der Waals surface area contributed by atoms with Crippen LogP contribution in [-0.4, -0.2) is 42.5 Å². The second-order valence-electron chi connectivity index (χ2n) is 5.23. The number of rotatable bonds is 3. The van der Waals surface area contributed by atoms with Crippen molar-refractivity contribution in [1.29, 1.82) is 0 Å². The molecule has 1 aliphatic carbocycles. The molecule has 0 aromatic carbocycles. The quantitative estimate of drug-likeness (QED) is 0.758. The van der Waals surface area contributed by atoms with Crippen molar-refractivity contribution in [3.63, 3.8) is 0 Å². The number of amides is 3. The molecule has 1 fully saturated rings. The van der Waals surface area contributed by atoms with E-state index in [0.717, 1.165) is 45.2 Å². The minimum absolute atomic E-state index is 0.0223. The van der Waals surface area contributed by atoms with Crippen molar-refractivity contribution in [1.82, 2.24) is 15.5 Å². The molecule has 1 heterocycles. The van der Waals surface area contributed by atoms with E-state index in [9.17, 15) is 9.59 Å². The van der Waals surface area contributed by atoms with E-state index >= 15 is 0 Å². The van der Waals surface area contributed by atoms with Crippen LogP contribution in [-0.2, 0) is 4.79 Å². The summed E-state index contributed by atoms with van der Waals surface area (Å²) in [6, 6.07) is -0.138. The van der Waals surface area contributed by atoms with Gasteiger partial charge in [-0.2, -0.15) is 0 Å². The van der Waals surface area contributed by atoms with E-state index in [0.29, 0.717) is 0 Å². The Labute approximate surface area is 114 Å². The molecule has 106 valence electrons. The van der Waals surface area contributed by atoms with Gasteiger partial charge in [-0.05, 0) is 38.5 Å².